The van der Waals surface area contributed by atoms with E-state index < -0.39 is 6.04 Å². The Bertz CT molecular complexity index is 713. The smallest absolute Gasteiger partial charge is 0.262 e. The molecular formula is C19H20FN3O2. The van der Waals surface area contributed by atoms with E-state index in [1.54, 1.807) is 12.1 Å². The van der Waals surface area contributed by atoms with Crippen molar-refractivity contribution in [2.45, 2.75) is 6.04 Å². The molecule has 0 aliphatic carbocycles. The van der Waals surface area contributed by atoms with E-state index in [0.717, 1.165) is 5.56 Å². The van der Waals surface area contributed by atoms with Gasteiger partial charge in [0.25, 0.3) is 5.91 Å². The average molecular weight is 341 g/mol. The Morgan fingerprint density at radius 2 is 1.80 bits per heavy atom. The monoisotopic (exact) mass is 341 g/mol. The highest BCUT2D eigenvalue weighted by Gasteiger charge is 2.28. The van der Waals surface area contributed by atoms with Gasteiger partial charge in [0.15, 0.2) is 0 Å². The summed E-state index contributed by atoms with van der Waals surface area (Å²) in [5, 5.41) is 4.01. The normalized spacial score (nSPS) is 16.7. The molecule has 0 spiro atoms. The molecule has 1 heterocycles. The Kier molecular flexibility index (Phi) is 5.87. The molecular weight excluding hydrogens is 321 g/mol. The quantitative estimate of drug-likeness (QED) is 0.671. The molecule has 5 nitrogen and oxygen atoms in total. The molecule has 0 bridgehead atoms. The maximum atomic E-state index is 12.9. The van der Waals surface area contributed by atoms with E-state index in [2.05, 4.69) is 15.4 Å². The highest BCUT2D eigenvalue weighted by atomic mass is 19.1. The maximum absolute atomic E-state index is 12.9. The molecule has 1 aliphatic heterocycles. The number of morpholine rings is 1. The van der Waals surface area contributed by atoms with Crippen molar-refractivity contribution >= 4 is 12.1 Å². The van der Waals surface area contributed by atoms with Crippen molar-refractivity contribution in [2.24, 2.45) is 5.10 Å². The first-order valence-electron chi connectivity index (χ1n) is 8.19. The van der Waals surface area contributed by atoms with Crippen molar-refractivity contribution in [1.82, 2.24) is 10.3 Å². The van der Waals surface area contributed by atoms with E-state index >= 15 is 0 Å². The molecule has 130 valence electrons. The van der Waals surface area contributed by atoms with Crippen LogP contribution in [0.4, 0.5) is 4.39 Å². The van der Waals surface area contributed by atoms with Gasteiger partial charge in [-0.3, -0.25) is 9.69 Å². The molecule has 0 aromatic heterocycles. The van der Waals surface area contributed by atoms with Crippen molar-refractivity contribution < 1.29 is 13.9 Å². The van der Waals surface area contributed by atoms with E-state index in [0.29, 0.717) is 31.9 Å². The lowest BCUT2D eigenvalue weighted by Gasteiger charge is -2.33. The van der Waals surface area contributed by atoms with Gasteiger partial charge < -0.3 is 4.74 Å². The van der Waals surface area contributed by atoms with Crippen molar-refractivity contribution in [2.75, 3.05) is 26.3 Å². The van der Waals surface area contributed by atoms with E-state index in [1.807, 2.05) is 30.3 Å². The molecule has 1 aliphatic rings. The molecule has 0 unspecified atom stereocenters. The van der Waals surface area contributed by atoms with Gasteiger partial charge in [-0.2, -0.15) is 5.10 Å². The van der Waals surface area contributed by atoms with E-state index in [-0.39, 0.29) is 11.7 Å². The van der Waals surface area contributed by atoms with Crippen LogP contribution in [0.25, 0.3) is 0 Å². The summed E-state index contributed by atoms with van der Waals surface area (Å²) in [5.74, 6) is -0.510. The van der Waals surface area contributed by atoms with Crippen LogP contribution in [0.5, 0.6) is 0 Å². The Labute approximate surface area is 146 Å². The fourth-order valence-corrected chi connectivity index (χ4v) is 2.78. The van der Waals surface area contributed by atoms with Crippen LogP contribution < -0.4 is 5.43 Å². The summed E-state index contributed by atoms with van der Waals surface area (Å²) >= 11 is 0. The molecule has 1 fully saturated rings. The molecule has 0 saturated carbocycles. The molecule has 1 amide bonds. The number of benzene rings is 2. The fourth-order valence-electron chi connectivity index (χ4n) is 2.78. The predicted octanol–water partition coefficient (Wildman–Crippen LogP) is 2.35. The standard InChI is InChI=1S/C19H20FN3O2/c20-17-8-6-15(7-9-17)14-21-22-19(24)18(16-4-2-1-3-5-16)23-10-12-25-13-11-23/h1-9,14,18H,10-13H2,(H,22,24)/b21-14-/t18-/m0/s1. The van der Waals surface area contributed by atoms with Crippen molar-refractivity contribution in [3.63, 3.8) is 0 Å². The second kappa shape index (κ2) is 8.50. The van der Waals surface area contributed by atoms with Crippen molar-refractivity contribution in [3.8, 4) is 0 Å². The fraction of sp³-hybridized carbons (Fsp3) is 0.263. The third-order valence-electron chi connectivity index (χ3n) is 4.03. The zero-order valence-electron chi connectivity index (χ0n) is 13.8. The predicted molar refractivity (Wildman–Crippen MR) is 93.7 cm³/mol. The van der Waals surface area contributed by atoms with Crippen molar-refractivity contribution in [3.05, 3.63) is 71.5 Å². The zero-order chi connectivity index (χ0) is 17.5. The van der Waals surface area contributed by atoms with Crippen LogP contribution >= 0.6 is 0 Å². The lowest BCUT2D eigenvalue weighted by atomic mass is 10.0. The lowest BCUT2D eigenvalue weighted by molar-refractivity contribution is -0.128. The summed E-state index contributed by atoms with van der Waals surface area (Å²) in [7, 11) is 0. The first-order chi connectivity index (χ1) is 12.2. The number of nitrogens with zero attached hydrogens (tertiary/aromatic N) is 2. The minimum Gasteiger partial charge on any atom is -0.379 e. The lowest BCUT2D eigenvalue weighted by Crippen LogP contribution is -2.44. The Morgan fingerprint density at radius 3 is 2.48 bits per heavy atom. The van der Waals surface area contributed by atoms with Gasteiger partial charge in [0.05, 0.1) is 19.4 Å². The van der Waals surface area contributed by atoms with Crippen LogP contribution in [-0.4, -0.2) is 43.3 Å². The maximum Gasteiger partial charge on any atom is 0.262 e. The molecule has 0 radical (unpaired) electrons. The number of hydrazone groups is 1. The van der Waals surface area contributed by atoms with Gasteiger partial charge >= 0.3 is 0 Å². The van der Waals surface area contributed by atoms with Gasteiger partial charge in [-0.15, -0.1) is 0 Å². The summed E-state index contributed by atoms with van der Waals surface area (Å²) in [5.41, 5.74) is 4.22. The molecule has 1 N–H and O–H groups in total. The summed E-state index contributed by atoms with van der Waals surface area (Å²) in [4.78, 5) is 14.8. The number of carbonyl (C=O) groups excluding carboxylic acids is 1. The molecule has 25 heavy (non-hydrogen) atoms. The minimum atomic E-state index is -0.421. The summed E-state index contributed by atoms with van der Waals surface area (Å²) in [6.07, 6.45) is 1.50. The highest BCUT2D eigenvalue weighted by molar-refractivity contribution is 5.85. The number of hydrogen-bond acceptors (Lipinski definition) is 4. The highest BCUT2D eigenvalue weighted by Crippen LogP contribution is 2.22. The van der Waals surface area contributed by atoms with Gasteiger partial charge in [-0.25, -0.2) is 9.82 Å². The second-order valence-corrected chi connectivity index (χ2v) is 5.75. The van der Waals surface area contributed by atoms with Crippen LogP contribution in [-0.2, 0) is 9.53 Å². The molecule has 1 atom stereocenters. The van der Waals surface area contributed by atoms with E-state index in [1.165, 1.54) is 18.3 Å². The Morgan fingerprint density at radius 1 is 1.12 bits per heavy atom. The van der Waals surface area contributed by atoms with Gasteiger partial charge in [0.1, 0.15) is 11.9 Å². The summed E-state index contributed by atoms with van der Waals surface area (Å²) < 4.78 is 18.3. The molecule has 6 heteroatoms. The molecule has 1 saturated heterocycles. The number of ether oxygens (including phenoxy) is 1. The third-order valence-corrected chi connectivity index (χ3v) is 4.03. The first kappa shape index (κ1) is 17.3. The van der Waals surface area contributed by atoms with Gasteiger partial charge in [-0.05, 0) is 23.3 Å². The van der Waals surface area contributed by atoms with E-state index in [4.69, 9.17) is 4.74 Å². The van der Waals surface area contributed by atoms with Crippen LogP contribution in [0.15, 0.2) is 59.7 Å². The third kappa shape index (κ3) is 4.71. The SMILES string of the molecule is O=C(N/N=C\c1ccc(F)cc1)[C@H](c1ccccc1)N1CCOCC1. The Balaban J connectivity index is 1.71. The number of carbonyl (C=O) groups is 1. The average Bonchev–Trinajstić information content (AvgIpc) is 2.65. The summed E-state index contributed by atoms with van der Waals surface area (Å²) in [6, 6.07) is 15.1. The topological polar surface area (TPSA) is 53.9 Å². The van der Waals surface area contributed by atoms with Gasteiger partial charge in [0.2, 0.25) is 0 Å². The first-order valence-corrected chi connectivity index (χ1v) is 8.19. The second-order valence-electron chi connectivity index (χ2n) is 5.75. The zero-order valence-corrected chi connectivity index (χ0v) is 13.8. The minimum absolute atomic E-state index is 0.202. The number of hydrogen-bond donors (Lipinski definition) is 1. The number of rotatable bonds is 5. The van der Waals surface area contributed by atoms with Gasteiger partial charge in [0, 0.05) is 13.1 Å². The van der Waals surface area contributed by atoms with Crippen molar-refractivity contribution in [1.29, 1.82) is 0 Å². The number of nitrogens with one attached hydrogen (secondary N) is 1. The van der Waals surface area contributed by atoms with Gasteiger partial charge in [-0.1, -0.05) is 42.5 Å². The van der Waals surface area contributed by atoms with Crippen LogP contribution in [0.1, 0.15) is 17.2 Å². The molecule has 2 aromatic rings. The largest absolute Gasteiger partial charge is 0.379 e. The molecule has 2 aromatic carbocycles. The van der Waals surface area contributed by atoms with Crippen LogP contribution in [0.2, 0.25) is 0 Å². The van der Waals surface area contributed by atoms with Crippen LogP contribution in [0, 0.1) is 5.82 Å². The number of halogens is 1. The van der Waals surface area contributed by atoms with Crippen LogP contribution in [0.3, 0.4) is 0 Å². The van der Waals surface area contributed by atoms with E-state index in [9.17, 15) is 9.18 Å². The molecule has 3 rings (SSSR count). The number of amides is 1. The summed E-state index contributed by atoms with van der Waals surface area (Å²) in [6.45, 7) is 2.59. The Hall–Kier alpha value is -2.57.